The van der Waals surface area contributed by atoms with Crippen LogP contribution in [0.5, 0.6) is 0 Å². The third kappa shape index (κ3) is 1.60. The van der Waals surface area contributed by atoms with Gasteiger partial charge in [-0.3, -0.25) is 0 Å². The van der Waals surface area contributed by atoms with E-state index in [1.54, 1.807) is 6.92 Å². The van der Waals surface area contributed by atoms with Crippen LogP contribution in [0.2, 0.25) is 0 Å². The summed E-state index contributed by atoms with van der Waals surface area (Å²) >= 11 is 0. The van der Waals surface area contributed by atoms with Gasteiger partial charge in [-0.2, -0.15) is 0 Å². The standard InChI is InChI=1S/C6H10F2/c1-3-6(8,4-2)5-7/h3H,1,4-5H2,2H3. The molecule has 0 aliphatic rings. The molecule has 0 spiro atoms. The zero-order valence-corrected chi connectivity index (χ0v) is 4.95. The number of hydrogen-bond donors (Lipinski definition) is 0. The van der Waals surface area contributed by atoms with Crippen molar-refractivity contribution in [2.45, 2.75) is 19.0 Å². The molecule has 1 unspecified atom stereocenters. The van der Waals surface area contributed by atoms with Crippen LogP contribution in [0.15, 0.2) is 12.7 Å². The maximum Gasteiger partial charge on any atom is 0.156 e. The van der Waals surface area contributed by atoms with Gasteiger partial charge in [-0.25, -0.2) is 8.78 Å². The molecular weight excluding hydrogens is 110 g/mol. The van der Waals surface area contributed by atoms with Gasteiger partial charge in [-0.15, -0.1) is 0 Å². The van der Waals surface area contributed by atoms with Crippen LogP contribution in [-0.2, 0) is 0 Å². The van der Waals surface area contributed by atoms with E-state index in [4.69, 9.17) is 0 Å². The predicted molar refractivity (Wildman–Crippen MR) is 30.3 cm³/mol. The van der Waals surface area contributed by atoms with Crippen molar-refractivity contribution in [1.82, 2.24) is 0 Å². The van der Waals surface area contributed by atoms with Crippen molar-refractivity contribution in [3.05, 3.63) is 12.7 Å². The summed E-state index contributed by atoms with van der Waals surface area (Å²) in [5, 5.41) is 0. The molecule has 2 heteroatoms. The summed E-state index contributed by atoms with van der Waals surface area (Å²) in [6, 6.07) is 0. The second-order valence-corrected chi connectivity index (χ2v) is 1.73. The van der Waals surface area contributed by atoms with E-state index < -0.39 is 12.3 Å². The molecule has 0 aromatic carbocycles. The van der Waals surface area contributed by atoms with Gasteiger partial charge in [0.05, 0.1) is 0 Å². The highest BCUT2D eigenvalue weighted by Gasteiger charge is 2.21. The summed E-state index contributed by atoms with van der Waals surface area (Å²) in [5.74, 6) is 0. The van der Waals surface area contributed by atoms with Gasteiger partial charge in [0.2, 0.25) is 0 Å². The van der Waals surface area contributed by atoms with Gasteiger partial charge >= 0.3 is 0 Å². The summed E-state index contributed by atoms with van der Waals surface area (Å²) in [7, 11) is 0. The van der Waals surface area contributed by atoms with Gasteiger partial charge < -0.3 is 0 Å². The van der Waals surface area contributed by atoms with Gasteiger partial charge in [0.15, 0.2) is 5.67 Å². The fourth-order valence-electron chi connectivity index (χ4n) is 0.293. The van der Waals surface area contributed by atoms with Crippen LogP contribution in [0, 0.1) is 0 Å². The topological polar surface area (TPSA) is 0 Å². The molecule has 1 atom stereocenters. The lowest BCUT2D eigenvalue weighted by Crippen LogP contribution is -2.20. The number of rotatable bonds is 3. The van der Waals surface area contributed by atoms with E-state index in [2.05, 4.69) is 6.58 Å². The van der Waals surface area contributed by atoms with Crippen molar-refractivity contribution in [2.75, 3.05) is 6.67 Å². The Labute approximate surface area is 48.2 Å². The molecule has 0 aliphatic carbocycles. The highest BCUT2D eigenvalue weighted by atomic mass is 19.2. The van der Waals surface area contributed by atoms with Crippen LogP contribution in [0.3, 0.4) is 0 Å². The Morgan fingerprint density at radius 3 is 2.25 bits per heavy atom. The van der Waals surface area contributed by atoms with Crippen molar-refractivity contribution >= 4 is 0 Å². The van der Waals surface area contributed by atoms with E-state index in [9.17, 15) is 8.78 Å². The van der Waals surface area contributed by atoms with Crippen LogP contribution in [0.1, 0.15) is 13.3 Å². The summed E-state index contributed by atoms with van der Waals surface area (Å²) in [6.07, 6.45) is 1.17. The summed E-state index contributed by atoms with van der Waals surface area (Å²) in [4.78, 5) is 0. The number of alkyl halides is 2. The smallest absolute Gasteiger partial charge is 0.156 e. The Balaban J connectivity index is 3.76. The van der Waals surface area contributed by atoms with Crippen molar-refractivity contribution < 1.29 is 8.78 Å². The highest BCUT2D eigenvalue weighted by Crippen LogP contribution is 2.16. The average Bonchev–Trinajstić information content (AvgIpc) is 1.87. The maximum absolute atomic E-state index is 12.5. The van der Waals surface area contributed by atoms with Crippen LogP contribution in [-0.4, -0.2) is 12.3 Å². The van der Waals surface area contributed by atoms with E-state index in [1.165, 1.54) is 0 Å². The first-order chi connectivity index (χ1) is 3.68. The van der Waals surface area contributed by atoms with E-state index >= 15 is 0 Å². The lowest BCUT2D eigenvalue weighted by molar-refractivity contribution is 0.170. The van der Waals surface area contributed by atoms with Gasteiger partial charge in [0, 0.05) is 0 Å². The van der Waals surface area contributed by atoms with Crippen molar-refractivity contribution in [3.63, 3.8) is 0 Å². The number of hydrogen-bond acceptors (Lipinski definition) is 0. The second-order valence-electron chi connectivity index (χ2n) is 1.73. The van der Waals surface area contributed by atoms with Crippen LogP contribution < -0.4 is 0 Å². The normalized spacial score (nSPS) is 17.4. The molecule has 0 aromatic rings. The van der Waals surface area contributed by atoms with Crippen LogP contribution in [0.4, 0.5) is 8.78 Å². The van der Waals surface area contributed by atoms with E-state index in [0.717, 1.165) is 6.08 Å². The Morgan fingerprint density at radius 2 is 2.25 bits per heavy atom. The second kappa shape index (κ2) is 2.80. The zero-order valence-electron chi connectivity index (χ0n) is 4.95. The third-order valence-corrected chi connectivity index (χ3v) is 1.18. The van der Waals surface area contributed by atoms with E-state index in [-0.39, 0.29) is 6.42 Å². The highest BCUT2D eigenvalue weighted by molar-refractivity contribution is 4.94. The van der Waals surface area contributed by atoms with Crippen molar-refractivity contribution in [3.8, 4) is 0 Å². The summed E-state index contributed by atoms with van der Waals surface area (Å²) in [5.41, 5.74) is -1.78. The van der Waals surface area contributed by atoms with E-state index in [0.29, 0.717) is 0 Å². The molecule has 0 saturated carbocycles. The molecule has 48 valence electrons. The first-order valence-corrected chi connectivity index (χ1v) is 2.57. The fourth-order valence-corrected chi connectivity index (χ4v) is 0.293. The molecule has 0 nitrogen and oxygen atoms in total. The number of halogens is 2. The molecule has 0 N–H and O–H groups in total. The largest absolute Gasteiger partial charge is 0.247 e. The Bertz CT molecular complexity index is 74.6. The molecule has 0 fully saturated rings. The lowest BCUT2D eigenvalue weighted by Gasteiger charge is -2.12. The fraction of sp³-hybridized carbons (Fsp3) is 0.667. The number of allylic oxidation sites excluding steroid dienone is 1. The molecule has 0 radical (unpaired) electrons. The monoisotopic (exact) mass is 120 g/mol. The Hall–Kier alpha value is -0.400. The summed E-state index contributed by atoms with van der Waals surface area (Å²) in [6.45, 7) is 3.78. The molecule has 0 heterocycles. The van der Waals surface area contributed by atoms with Crippen LogP contribution >= 0.6 is 0 Å². The van der Waals surface area contributed by atoms with Gasteiger partial charge in [-0.1, -0.05) is 19.6 Å². The van der Waals surface area contributed by atoms with Gasteiger partial charge in [0.1, 0.15) is 6.67 Å². The molecule has 0 amide bonds. The minimum atomic E-state index is -1.78. The van der Waals surface area contributed by atoms with Crippen LogP contribution in [0.25, 0.3) is 0 Å². The quantitative estimate of drug-likeness (QED) is 0.501. The molecule has 0 rings (SSSR count). The SMILES string of the molecule is C=CC(F)(CC)CF. The molecule has 0 aliphatic heterocycles. The Morgan fingerprint density at radius 1 is 1.75 bits per heavy atom. The van der Waals surface area contributed by atoms with E-state index in [1.807, 2.05) is 0 Å². The minimum Gasteiger partial charge on any atom is -0.247 e. The Kier molecular flexibility index (Phi) is 2.66. The van der Waals surface area contributed by atoms with Gasteiger partial charge in [-0.05, 0) is 6.42 Å². The first kappa shape index (κ1) is 7.60. The average molecular weight is 120 g/mol. The van der Waals surface area contributed by atoms with Crippen molar-refractivity contribution in [1.29, 1.82) is 0 Å². The van der Waals surface area contributed by atoms with Gasteiger partial charge in [0.25, 0.3) is 0 Å². The summed E-state index contributed by atoms with van der Waals surface area (Å²) < 4.78 is 24.1. The lowest BCUT2D eigenvalue weighted by atomic mass is 10.1. The van der Waals surface area contributed by atoms with Crippen molar-refractivity contribution in [2.24, 2.45) is 0 Å². The molecule has 0 bridgehead atoms. The first-order valence-electron chi connectivity index (χ1n) is 2.57. The third-order valence-electron chi connectivity index (χ3n) is 1.18. The predicted octanol–water partition coefficient (Wildman–Crippen LogP) is 2.26. The zero-order chi connectivity index (χ0) is 6.62. The molecule has 0 aromatic heterocycles. The molecule has 8 heavy (non-hydrogen) atoms. The minimum absolute atomic E-state index is 0.160. The molecule has 0 saturated heterocycles. The maximum atomic E-state index is 12.5. The molecular formula is C6H10F2.